The Hall–Kier alpha value is -0.880. The van der Waals surface area contributed by atoms with E-state index in [-0.39, 0.29) is 5.56 Å². The molecule has 5 nitrogen and oxygen atoms in total. The molecule has 2 rings (SSSR count). The summed E-state index contributed by atoms with van der Waals surface area (Å²) in [5.74, 6) is 0. The van der Waals surface area contributed by atoms with Crippen LogP contribution in [0.5, 0.6) is 0 Å². The molecule has 0 aliphatic carbocycles. The molecule has 0 saturated carbocycles. The van der Waals surface area contributed by atoms with Crippen LogP contribution >= 0.6 is 15.9 Å². The third-order valence-corrected chi connectivity index (χ3v) is 4.43. The van der Waals surface area contributed by atoms with E-state index in [9.17, 15) is 4.79 Å². The number of nitrogens with zero attached hydrogens (tertiary/aromatic N) is 2. The topological polar surface area (TPSA) is 59.0 Å². The maximum absolute atomic E-state index is 12.1. The molecule has 0 bridgehead atoms. The largest absolute Gasteiger partial charge is 0.381 e. The third kappa shape index (κ3) is 4.06. The first-order valence-corrected chi connectivity index (χ1v) is 8.24. The minimum atomic E-state index is -0.0555. The quantitative estimate of drug-likeness (QED) is 0.833. The highest BCUT2D eigenvalue weighted by atomic mass is 79.9. The second kappa shape index (κ2) is 7.78. The Kier molecular flexibility index (Phi) is 6.04. The van der Waals surface area contributed by atoms with E-state index in [4.69, 9.17) is 0 Å². The average Bonchev–Trinajstić information content (AvgIpc) is 2.49. The summed E-state index contributed by atoms with van der Waals surface area (Å²) in [5.41, 5.74) is 0.732. The molecule has 1 unspecified atom stereocenters. The standard InChI is InChI=1S/C14H23BrN4O/c1-2-3-8-19-14(20)13(15)12(10-18-19)17-9-11-6-4-5-7-16-11/h10-11,16-17H,2-9H2,1H3. The monoisotopic (exact) mass is 342 g/mol. The lowest BCUT2D eigenvalue weighted by Gasteiger charge is -2.24. The maximum atomic E-state index is 12.1. The molecule has 0 spiro atoms. The number of piperidine rings is 1. The second-order valence-electron chi connectivity index (χ2n) is 5.28. The lowest BCUT2D eigenvalue weighted by atomic mass is 10.1. The molecule has 1 aromatic heterocycles. The van der Waals surface area contributed by atoms with Crippen LogP contribution in [-0.2, 0) is 6.54 Å². The highest BCUT2D eigenvalue weighted by molar-refractivity contribution is 9.10. The van der Waals surface area contributed by atoms with Gasteiger partial charge in [-0.3, -0.25) is 4.79 Å². The molecule has 0 amide bonds. The highest BCUT2D eigenvalue weighted by Crippen LogP contribution is 2.17. The molecule has 20 heavy (non-hydrogen) atoms. The second-order valence-corrected chi connectivity index (χ2v) is 6.07. The van der Waals surface area contributed by atoms with Crippen molar-refractivity contribution in [3.05, 3.63) is 21.0 Å². The van der Waals surface area contributed by atoms with Crippen LogP contribution in [0.25, 0.3) is 0 Å². The number of halogens is 1. The van der Waals surface area contributed by atoms with Crippen molar-refractivity contribution in [2.75, 3.05) is 18.4 Å². The smallest absolute Gasteiger partial charge is 0.283 e. The molecule has 1 aliphatic heterocycles. The molecule has 1 saturated heterocycles. The number of anilines is 1. The first-order chi connectivity index (χ1) is 9.72. The first kappa shape index (κ1) is 15.5. The van der Waals surface area contributed by atoms with E-state index in [2.05, 4.69) is 38.6 Å². The van der Waals surface area contributed by atoms with Crippen molar-refractivity contribution in [3.8, 4) is 0 Å². The van der Waals surface area contributed by atoms with Gasteiger partial charge in [0.1, 0.15) is 4.47 Å². The molecule has 1 atom stereocenters. The molecule has 112 valence electrons. The van der Waals surface area contributed by atoms with Gasteiger partial charge in [0.15, 0.2) is 0 Å². The number of unbranched alkanes of at least 4 members (excludes halogenated alkanes) is 1. The van der Waals surface area contributed by atoms with Crippen LogP contribution in [0, 0.1) is 0 Å². The van der Waals surface area contributed by atoms with E-state index in [0.29, 0.717) is 17.1 Å². The molecular formula is C14H23BrN4O. The fourth-order valence-electron chi connectivity index (χ4n) is 2.39. The van der Waals surface area contributed by atoms with Gasteiger partial charge in [-0.1, -0.05) is 19.8 Å². The van der Waals surface area contributed by atoms with Gasteiger partial charge in [0.25, 0.3) is 5.56 Å². The van der Waals surface area contributed by atoms with Crippen molar-refractivity contribution in [1.29, 1.82) is 0 Å². The Morgan fingerprint density at radius 2 is 2.40 bits per heavy atom. The van der Waals surface area contributed by atoms with Crippen LogP contribution in [0.3, 0.4) is 0 Å². The van der Waals surface area contributed by atoms with Crippen molar-refractivity contribution in [3.63, 3.8) is 0 Å². The molecule has 1 aliphatic rings. The molecule has 6 heteroatoms. The third-order valence-electron chi connectivity index (χ3n) is 3.66. The lowest BCUT2D eigenvalue weighted by molar-refractivity contribution is 0.414. The van der Waals surface area contributed by atoms with Crippen LogP contribution in [0.1, 0.15) is 39.0 Å². The van der Waals surface area contributed by atoms with E-state index in [1.165, 1.54) is 23.9 Å². The first-order valence-electron chi connectivity index (χ1n) is 7.45. The minimum absolute atomic E-state index is 0.0555. The van der Waals surface area contributed by atoms with Crippen LogP contribution in [0.15, 0.2) is 15.5 Å². The SMILES string of the molecule is CCCCn1ncc(NCC2CCCCN2)c(Br)c1=O. The van der Waals surface area contributed by atoms with Gasteiger partial charge >= 0.3 is 0 Å². The van der Waals surface area contributed by atoms with Crippen molar-refractivity contribution < 1.29 is 0 Å². The maximum Gasteiger partial charge on any atom is 0.283 e. The van der Waals surface area contributed by atoms with E-state index in [1.807, 2.05) is 0 Å². The Morgan fingerprint density at radius 1 is 1.55 bits per heavy atom. The summed E-state index contributed by atoms with van der Waals surface area (Å²) in [5, 5.41) is 11.0. The molecule has 1 fully saturated rings. The van der Waals surface area contributed by atoms with Gasteiger partial charge in [-0.05, 0) is 41.7 Å². The van der Waals surface area contributed by atoms with E-state index in [0.717, 1.165) is 31.6 Å². The normalized spacial score (nSPS) is 19.0. The van der Waals surface area contributed by atoms with Gasteiger partial charge in [0, 0.05) is 19.1 Å². The van der Waals surface area contributed by atoms with Crippen LogP contribution < -0.4 is 16.2 Å². The van der Waals surface area contributed by atoms with E-state index in [1.54, 1.807) is 6.20 Å². The van der Waals surface area contributed by atoms with Gasteiger partial charge in [-0.25, -0.2) is 4.68 Å². The molecule has 0 radical (unpaired) electrons. The molecule has 2 N–H and O–H groups in total. The van der Waals surface area contributed by atoms with Gasteiger partial charge in [-0.15, -0.1) is 0 Å². The predicted octanol–water partition coefficient (Wildman–Crippen LogP) is 2.36. The molecule has 2 heterocycles. The van der Waals surface area contributed by atoms with E-state index >= 15 is 0 Å². The summed E-state index contributed by atoms with van der Waals surface area (Å²) in [6, 6.07) is 0.484. The number of hydrogen-bond acceptors (Lipinski definition) is 4. The van der Waals surface area contributed by atoms with E-state index < -0.39 is 0 Å². The van der Waals surface area contributed by atoms with Crippen molar-refractivity contribution >= 4 is 21.6 Å². The average molecular weight is 343 g/mol. The van der Waals surface area contributed by atoms with Gasteiger partial charge < -0.3 is 10.6 Å². The van der Waals surface area contributed by atoms with Crippen molar-refractivity contribution in [2.45, 2.75) is 51.6 Å². The van der Waals surface area contributed by atoms with Crippen LogP contribution in [0.2, 0.25) is 0 Å². The molecular weight excluding hydrogens is 320 g/mol. The summed E-state index contributed by atoms with van der Waals surface area (Å²) in [4.78, 5) is 12.1. The summed E-state index contributed by atoms with van der Waals surface area (Å²) in [6.45, 7) is 4.70. The van der Waals surface area contributed by atoms with Gasteiger partial charge in [-0.2, -0.15) is 5.10 Å². The molecule has 1 aromatic rings. The number of aryl methyl sites for hydroxylation is 1. The van der Waals surface area contributed by atoms with Crippen LogP contribution in [0.4, 0.5) is 5.69 Å². The van der Waals surface area contributed by atoms with Crippen molar-refractivity contribution in [2.24, 2.45) is 0 Å². The minimum Gasteiger partial charge on any atom is -0.381 e. The Morgan fingerprint density at radius 3 is 3.10 bits per heavy atom. The fourth-order valence-corrected chi connectivity index (χ4v) is 2.83. The Labute approximate surface area is 128 Å². The fraction of sp³-hybridized carbons (Fsp3) is 0.714. The number of rotatable bonds is 6. The zero-order valence-electron chi connectivity index (χ0n) is 12.0. The number of aromatic nitrogens is 2. The number of nitrogens with one attached hydrogen (secondary N) is 2. The molecule has 0 aromatic carbocycles. The summed E-state index contributed by atoms with van der Waals surface area (Å²) in [7, 11) is 0. The van der Waals surface area contributed by atoms with Crippen LogP contribution in [-0.4, -0.2) is 28.9 Å². The van der Waals surface area contributed by atoms with Gasteiger partial charge in [0.2, 0.25) is 0 Å². The Balaban J connectivity index is 1.97. The summed E-state index contributed by atoms with van der Waals surface area (Å²) < 4.78 is 2.11. The lowest BCUT2D eigenvalue weighted by Crippen LogP contribution is -2.39. The van der Waals surface area contributed by atoms with Gasteiger partial charge in [0.05, 0.1) is 11.9 Å². The zero-order valence-corrected chi connectivity index (χ0v) is 13.6. The number of hydrogen-bond donors (Lipinski definition) is 2. The van der Waals surface area contributed by atoms with Crippen molar-refractivity contribution in [1.82, 2.24) is 15.1 Å². The highest BCUT2D eigenvalue weighted by Gasteiger charge is 2.14. The predicted molar refractivity (Wildman–Crippen MR) is 85.2 cm³/mol. The summed E-state index contributed by atoms with van der Waals surface area (Å²) in [6.07, 6.45) is 7.49. The Bertz CT molecular complexity index is 483. The zero-order chi connectivity index (χ0) is 14.4. The summed E-state index contributed by atoms with van der Waals surface area (Å²) >= 11 is 3.39.